The van der Waals surface area contributed by atoms with Gasteiger partial charge in [-0.2, -0.15) is 10.4 Å². The van der Waals surface area contributed by atoms with E-state index < -0.39 is 5.56 Å². The van der Waals surface area contributed by atoms with E-state index in [0.717, 1.165) is 4.68 Å². The number of hydrogen-bond donors (Lipinski definition) is 2. The Bertz CT molecular complexity index is 1090. The summed E-state index contributed by atoms with van der Waals surface area (Å²) in [5.74, 6) is -0.00511. The van der Waals surface area contributed by atoms with Gasteiger partial charge in [-0.1, -0.05) is 34.8 Å². The summed E-state index contributed by atoms with van der Waals surface area (Å²) < 4.78 is 1.07. The van der Waals surface area contributed by atoms with Crippen LogP contribution in [0, 0.1) is 11.3 Å². The molecular weight excluding hydrogens is 399 g/mol. The van der Waals surface area contributed by atoms with Crippen LogP contribution in [0.15, 0.2) is 51.4 Å². The summed E-state index contributed by atoms with van der Waals surface area (Å²) in [7, 11) is 0. The van der Waals surface area contributed by atoms with Crippen molar-refractivity contribution in [3.8, 4) is 11.8 Å². The first kappa shape index (κ1) is 18.0. The third kappa shape index (κ3) is 3.44. The first-order valence-electron chi connectivity index (χ1n) is 7.08. The summed E-state index contributed by atoms with van der Waals surface area (Å²) in [5.41, 5.74) is 6.30. The van der Waals surface area contributed by atoms with Crippen LogP contribution >= 0.6 is 34.8 Å². The van der Waals surface area contributed by atoms with Crippen molar-refractivity contribution >= 4 is 52.0 Å². The second kappa shape index (κ2) is 7.22. The largest absolute Gasteiger partial charge is 0.382 e. The van der Waals surface area contributed by atoms with Gasteiger partial charge in [0.25, 0.3) is 0 Å². The first-order chi connectivity index (χ1) is 12.4. The van der Waals surface area contributed by atoms with Crippen molar-refractivity contribution in [2.45, 2.75) is 0 Å². The Morgan fingerprint density at radius 3 is 2.27 bits per heavy atom. The van der Waals surface area contributed by atoms with Gasteiger partial charge in [0.15, 0.2) is 5.69 Å². The SMILES string of the molecule is N#Cc1ccc(N=Nc2c(N)[nH]n(-c3c(Cl)cc(Cl)cc3Cl)c2=O)cc1. The van der Waals surface area contributed by atoms with E-state index in [9.17, 15) is 4.79 Å². The lowest BCUT2D eigenvalue weighted by atomic mass is 10.2. The molecule has 0 radical (unpaired) electrons. The second-order valence-electron chi connectivity index (χ2n) is 5.09. The standard InChI is InChI=1S/C16H9Cl3N6O/c17-9-5-11(18)14(12(19)6-9)25-16(26)13(15(21)24-25)23-22-10-3-1-8(7-20)2-4-10/h1-6,24H,21H2. The summed E-state index contributed by atoms with van der Waals surface area (Å²) in [5, 5.41) is 20.0. The lowest BCUT2D eigenvalue weighted by molar-refractivity contribution is 0.854. The molecule has 7 nitrogen and oxygen atoms in total. The van der Waals surface area contributed by atoms with Crippen LogP contribution in [-0.4, -0.2) is 9.78 Å². The zero-order valence-corrected chi connectivity index (χ0v) is 15.1. The lowest BCUT2D eigenvalue weighted by Gasteiger charge is -2.07. The quantitative estimate of drug-likeness (QED) is 0.596. The number of azo groups is 1. The summed E-state index contributed by atoms with van der Waals surface area (Å²) >= 11 is 18.1. The highest BCUT2D eigenvalue weighted by Crippen LogP contribution is 2.32. The number of aromatic amines is 1. The topological polar surface area (TPSA) is 112 Å². The van der Waals surface area contributed by atoms with Crippen LogP contribution in [0.1, 0.15) is 5.56 Å². The molecule has 0 spiro atoms. The molecule has 0 unspecified atom stereocenters. The van der Waals surface area contributed by atoms with Crippen molar-refractivity contribution in [1.82, 2.24) is 9.78 Å². The Balaban J connectivity index is 2.03. The van der Waals surface area contributed by atoms with Gasteiger partial charge in [-0.3, -0.25) is 9.89 Å². The normalized spacial score (nSPS) is 11.0. The van der Waals surface area contributed by atoms with Crippen LogP contribution in [0.25, 0.3) is 5.69 Å². The van der Waals surface area contributed by atoms with E-state index in [-0.39, 0.29) is 27.2 Å². The maximum Gasteiger partial charge on any atom is 0.301 e. The number of aromatic nitrogens is 2. The molecule has 0 saturated carbocycles. The molecule has 0 aliphatic carbocycles. The number of hydrogen-bond acceptors (Lipinski definition) is 5. The van der Waals surface area contributed by atoms with Crippen molar-refractivity contribution in [3.05, 3.63) is 67.4 Å². The molecule has 0 bridgehead atoms. The van der Waals surface area contributed by atoms with Crippen LogP contribution in [0.5, 0.6) is 0 Å². The van der Waals surface area contributed by atoms with Gasteiger partial charge in [0, 0.05) is 5.02 Å². The fourth-order valence-corrected chi connectivity index (χ4v) is 3.14. The van der Waals surface area contributed by atoms with Crippen LogP contribution in [0.3, 0.4) is 0 Å². The molecule has 1 heterocycles. The predicted molar refractivity (Wildman–Crippen MR) is 101 cm³/mol. The first-order valence-corrected chi connectivity index (χ1v) is 8.21. The molecule has 130 valence electrons. The van der Waals surface area contributed by atoms with Gasteiger partial charge >= 0.3 is 5.56 Å². The number of nitrogens with one attached hydrogen (secondary N) is 1. The molecule has 26 heavy (non-hydrogen) atoms. The Hall–Kier alpha value is -2.79. The molecule has 0 atom stereocenters. The summed E-state index contributed by atoms with van der Waals surface area (Å²) in [6, 6.07) is 11.3. The smallest absolute Gasteiger partial charge is 0.301 e. The highest BCUT2D eigenvalue weighted by atomic mass is 35.5. The second-order valence-corrected chi connectivity index (χ2v) is 6.34. The summed E-state index contributed by atoms with van der Waals surface area (Å²) in [6.07, 6.45) is 0. The molecule has 0 fully saturated rings. The van der Waals surface area contributed by atoms with Gasteiger partial charge in [-0.05, 0) is 36.4 Å². The molecule has 3 N–H and O–H groups in total. The van der Waals surface area contributed by atoms with Gasteiger partial charge in [0.05, 0.1) is 27.4 Å². The van der Waals surface area contributed by atoms with Gasteiger partial charge in [0.1, 0.15) is 11.5 Å². The number of benzene rings is 2. The molecule has 10 heteroatoms. The Morgan fingerprint density at radius 1 is 1.08 bits per heavy atom. The molecule has 0 aliphatic heterocycles. The fourth-order valence-electron chi connectivity index (χ4n) is 2.16. The van der Waals surface area contributed by atoms with Gasteiger partial charge in [0.2, 0.25) is 0 Å². The van der Waals surface area contributed by atoms with Crippen molar-refractivity contribution in [3.63, 3.8) is 0 Å². The van der Waals surface area contributed by atoms with Crippen LogP contribution in [0.4, 0.5) is 17.2 Å². The number of anilines is 1. The zero-order chi connectivity index (χ0) is 18.8. The number of nitriles is 1. The van der Waals surface area contributed by atoms with Gasteiger partial charge in [-0.25, -0.2) is 4.68 Å². The Labute approximate surface area is 162 Å². The molecular formula is C16H9Cl3N6O. The molecule has 2 aromatic carbocycles. The van der Waals surface area contributed by atoms with E-state index in [1.54, 1.807) is 24.3 Å². The zero-order valence-electron chi connectivity index (χ0n) is 12.9. The lowest BCUT2D eigenvalue weighted by Crippen LogP contribution is -2.15. The van der Waals surface area contributed by atoms with Crippen LogP contribution < -0.4 is 11.3 Å². The van der Waals surface area contributed by atoms with E-state index in [0.29, 0.717) is 16.3 Å². The number of halogens is 3. The molecule has 0 amide bonds. The highest BCUT2D eigenvalue weighted by molar-refractivity contribution is 6.40. The maximum absolute atomic E-state index is 12.6. The van der Waals surface area contributed by atoms with Crippen LogP contribution in [0.2, 0.25) is 15.1 Å². The average Bonchev–Trinajstić information content (AvgIpc) is 2.87. The Kier molecular flexibility index (Phi) is 5.00. The number of nitrogens with zero attached hydrogens (tertiary/aromatic N) is 4. The molecule has 1 aromatic heterocycles. The maximum atomic E-state index is 12.6. The molecule has 3 aromatic rings. The van der Waals surface area contributed by atoms with Crippen molar-refractivity contribution < 1.29 is 0 Å². The minimum Gasteiger partial charge on any atom is -0.382 e. The summed E-state index contributed by atoms with van der Waals surface area (Å²) in [6.45, 7) is 0. The van der Waals surface area contributed by atoms with E-state index in [4.69, 9.17) is 45.8 Å². The van der Waals surface area contributed by atoms with Crippen LogP contribution in [-0.2, 0) is 0 Å². The van der Waals surface area contributed by atoms with E-state index in [2.05, 4.69) is 15.3 Å². The number of rotatable bonds is 3. The number of H-pyrrole nitrogens is 1. The minimum absolute atomic E-state index is 0.00511. The van der Waals surface area contributed by atoms with E-state index in [1.807, 2.05) is 6.07 Å². The average molecular weight is 408 g/mol. The third-order valence-corrected chi connectivity index (χ3v) is 4.15. The van der Waals surface area contributed by atoms with E-state index in [1.165, 1.54) is 12.1 Å². The summed E-state index contributed by atoms with van der Waals surface area (Å²) in [4.78, 5) is 12.6. The Morgan fingerprint density at radius 2 is 1.69 bits per heavy atom. The fraction of sp³-hybridized carbons (Fsp3) is 0. The third-order valence-electron chi connectivity index (χ3n) is 3.36. The highest BCUT2D eigenvalue weighted by Gasteiger charge is 2.18. The van der Waals surface area contributed by atoms with Gasteiger partial charge < -0.3 is 5.73 Å². The minimum atomic E-state index is -0.578. The monoisotopic (exact) mass is 406 g/mol. The number of nitrogen functional groups attached to an aromatic ring is 1. The van der Waals surface area contributed by atoms with Crippen molar-refractivity contribution in [2.24, 2.45) is 10.2 Å². The van der Waals surface area contributed by atoms with E-state index >= 15 is 0 Å². The van der Waals surface area contributed by atoms with Gasteiger partial charge in [-0.15, -0.1) is 5.11 Å². The van der Waals surface area contributed by atoms with Crippen molar-refractivity contribution in [2.75, 3.05) is 5.73 Å². The predicted octanol–water partition coefficient (Wildman–Crippen LogP) is 5.00. The molecule has 0 saturated heterocycles. The van der Waals surface area contributed by atoms with Crippen molar-refractivity contribution in [1.29, 1.82) is 5.26 Å². The molecule has 0 aliphatic rings. The molecule has 3 rings (SSSR count). The number of nitrogens with two attached hydrogens (primary N) is 1.